The van der Waals surface area contributed by atoms with Gasteiger partial charge in [-0.15, -0.1) is 0 Å². The average molecular weight is 394 g/mol. The third kappa shape index (κ3) is 4.64. The third-order valence-electron chi connectivity index (χ3n) is 3.43. The first-order valence-electron chi connectivity index (χ1n) is 7.46. The molecule has 0 unspecified atom stereocenters. The van der Waals surface area contributed by atoms with Crippen LogP contribution >= 0.6 is 15.9 Å². The van der Waals surface area contributed by atoms with E-state index in [0.29, 0.717) is 10.2 Å². The highest BCUT2D eigenvalue weighted by atomic mass is 79.9. The zero-order valence-electron chi connectivity index (χ0n) is 13.3. The fraction of sp³-hybridized carbons (Fsp3) is 0.222. The first kappa shape index (κ1) is 18.1. The highest BCUT2D eigenvalue weighted by Crippen LogP contribution is 2.17. The number of hydrogen-bond acceptors (Lipinski definition) is 3. The summed E-state index contributed by atoms with van der Waals surface area (Å²) in [4.78, 5) is 24.1. The van der Waals surface area contributed by atoms with Crippen molar-refractivity contribution in [1.82, 2.24) is 0 Å². The summed E-state index contributed by atoms with van der Waals surface area (Å²) in [6, 6.07) is 11.4. The van der Waals surface area contributed by atoms with Gasteiger partial charge in [0.1, 0.15) is 5.82 Å². The molecule has 2 rings (SSSR count). The van der Waals surface area contributed by atoms with Crippen LogP contribution in [0.4, 0.5) is 10.1 Å². The minimum absolute atomic E-state index is 0.217. The monoisotopic (exact) mass is 393 g/mol. The van der Waals surface area contributed by atoms with Gasteiger partial charge in [0, 0.05) is 10.2 Å². The Balaban J connectivity index is 1.98. The van der Waals surface area contributed by atoms with E-state index in [-0.39, 0.29) is 5.56 Å². The van der Waals surface area contributed by atoms with Crippen LogP contribution in [-0.2, 0) is 16.0 Å². The van der Waals surface area contributed by atoms with E-state index in [2.05, 4.69) is 21.2 Å². The molecule has 1 atom stereocenters. The Morgan fingerprint density at radius 1 is 1.21 bits per heavy atom. The highest BCUT2D eigenvalue weighted by Gasteiger charge is 2.21. The van der Waals surface area contributed by atoms with Gasteiger partial charge in [-0.3, -0.25) is 4.79 Å². The van der Waals surface area contributed by atoms with E-state index in [9.17, 15) is 14.0 Å². The van der Waals surface area contributed by atoms with Crippen molar-refractivity contribution in [2.45, 2.75) is 26.4 Å². The van der Waals surface area contributed by atoms with Crippen LogP contribution < -0.4 is 5.32 Å². The molecular formula is C18H17BrFNO3. The second kappa shape index (κ2) is 8.06. The van der Waals surface area contributed by atoms with Gasteiger partial charge in [0.15, 0.2) is 6.10 Å². The standard InChI is InChI=1S/C18H17BrFNO3/c1-3-12-4-7-14(8-5-12)21-17(22)11(2)24-18(23)15-9-6-13(19)10-16(15)20/h4-11H,3H2,1-2H3,(H,21,22)/t11-/m1/s1. The number of carbonyl (C=O) groups is 2. The van der Waals surface area contributed by atoms with Crippen LogP contribution in [0.25, 0.3) is 0 Å². The number of benzene rings is 2. The van der Waals surface area contributed by atoms with E-state index in [1.807, 2.05) is 19.1 Å². The molecule has 126 valence electrons. The van der Waals surface area contributed by atoms with Crippen molar-refractivity contribution in [3.63, 3.8) is 0 Å². The highest BCUT2D eigenvalue weighted by molar-refractivity contribution is 9.10. The molecule has 0 aliphatic rings. The molecule has 2 aromatic carbocycles. The number of hydrogen-bond donors (Lipinski definition) is 1. The van der Waals surface area contributed by atoms with Crippen LogP contribution in [-0.4, -0.2) is 18.0 Å². The predicted octanol–water partition coefficient (Wildman–Crippen LogP) is 4.33. The van der Waals surface area contributed by atoms with Gasteiger partial charge in [-0.2, -0.15) is 0 Å². The molecule has 2 aromatic rings. The van der Waals surface area contributed by atoms with Gasteiger partial charge in [-0.05, 0) is 49.2 Å². The van der Waals surface area contributed by atoms with E-state index in [0.717, 1.165) is 18.1 Å². The van der Waals surface area contributed by atoms with Crippen LogP contribution in [0.1, 0.15) is 29.8 Å². The van der Waals surface area contributed by atoms with Gasteiger partial charge >= 0.3 is 5.97 Å². The Bertz CT molecular complexity index is 746. The van der Waals surface area contributed by atoms with E-state index in [1.54, 1.807) is 12.1 Å². The van der Waals surface area contributed by atoms with Crippen molar-refractivity contribution in [3.05, 3.63) is 63.9 Å². The van der Waals surface area contributed by atoms with Crippen LogP contribution in [0.2, 0.25) is 0 Å². The van der Waals surface area contributed by atoms with E-state index in [1.165, 1.54) is 19.1 Å². The van der Waals surface area contributed by atoms with Gasteiger partial charge in [0.05, 0.1) is 5.56 Å². The zero-order valence-corrected chi connectivity index (χ0v) is 14.9. The quantitative estimate of drug-likeness (QED) is 0.768. The fourth-order valence-corrected chi connectivity index (χ4v) is 2.33. The summed E-state index contributed by atoms with van der Waals surface area (Å²) in [5, 5.41) is 2.66. The molecule has 4 nitrogen and oxygen atoms in total. The molecular weight excluding hydrogens is 377 g/mol. The van der Waals surface area contributed by atoms with Gasteiger partial charge in [0.2, 0.25) is 0 Å². The Hall–Kier alpha value is -2.21. The second-order valence-corrected chi connectivity index (χ2v) is 6.13. The molecule has 0 spiro atoms. The van der Waals surface area contributed by atoms with Gasteiger partial charge in [0.25, 0.3) is 5.91 Å². The SMILES string of the molecule is CCc1ccc(NC(=O)[C@@H](C)OC(=O)c2ccc(Br)cc2F)cc1. The Kier molecular flexibility index (Phi) is 6.09. The summed E-state index contributed by atoms with van der Waals surface area (Å²) >= 11 is 3.11. The van der Waals surface area contributed by atoms with Crippen molar-refractivity contribution in [2.24, 2.45) is 0 Å². The van der Waals surface area contributed by atoms with Crippen LogP contribution in [0, 0.1) is 5.82 Å². The number of rotatable bonds is 5. The first-order chi connectivity index (χ1) is 11.4. The summed E-state index contributed by atoms with van der Waals surface area (Å²) in [5.74, 6) is -2.08. The molecule has 0 aliphatic carbocycles. The Morgan fingerprint density at radius 3 is 2.46 bits per heavy atom. The predicted molar refractivity (Wildman–Crippen MR) is 93.4 cm³/mol. The lowest BCUT2D eigenvalue weighted by Gasteiger charge is -2.14. The van der Waals surface area contributed by atoms with E-state index < -0.39 is 23.8 Å². The van der Waals surface area contributed by atoms with Crippen LogP contribution in [0.15, 0.2) is 46.9 Å². The minimum Gasteiger partial charge on any atom is -0.449 e. The van der Waals surface area contributed by atoms with Crippen LogP contribution in [0.5, 0.6) is 0 Å². The summed E-state index contributed by atoms with van der Waals surface area (Å²) in [6.07, 6.45) is -0.146. The molecule has 24 heavy (non-hydrogen) atoms. The summed E-state index contributed by atoms with van der Waals surface area (Å²) in [6.45, 7) is 3.47. The van der Waals surface area contributed by atoms with E-state index >= 15 is 0 Å². The average Bonchev–Trinajstić information content (AvgIpc) is 2.55. The molecule has 0 radical (unpaired) electrons. The lowest BCUT2D eigenvalue weighted by Crippen LogP contribution is -2.30. The number of carbonyl (C=O) groups excluding carboxylic acids is 2. The zero-order chi connectivity index (χ0) is 17.7. The van der Waals surface area contributed by atoms with Gasteiger partial charge < -0.3 is 10.1 Å². The number of amides is 1. The number of esters is 1. The van der Waals surface area contributed by atoms with Crippen LogP contribution in [0.3, 0.4) is 0 Å². The molecule has 0 saturated carbocycles. The number of nitrogens with one attached hydrogen (secondary N) is 1. The maximum absolute atomic E-state index is 13.7. The second-order valence-electron chi connectivity index (χ2n) is 5.21. The molecule has 0 aromatic heterocycles. The van der Waals surface area contributed by atoms with Crippen molar-refractivity contribution in [1.29, 1.82) is 0 Å². The number of aryl methyl sites for hydroxylation is 1. The molecule has 1 N–H and O–H groups in total. The molecule has 0 heterocycles. The summed E-state index contributed by atoms with van der Waals surface area (Å²) < 4.78 is 19.3. The van der Waals surface area contributed by atoms with Crippen molar-refractivity contribution in [3.8, 4) is 0 Å². The number of halogens is 2. The van der Waals surface area contributed by atoms with Gasteiger partial charge in [-0.25, -0.2) is 9.18 Å². The van der Waals surface area contributed by atoms with Crippen molar-refractivity contribution < 1.29 is 18.7 Å². The Labute approximate surface area is 148 Å². The lowest BCUT2D eigenvalue weighted by molar-refractivity contribution is -0.123. The first-order valence-corrected chi connectivity index (χ1v) is 8.26. The summed E-state index contributed by atoms with van der Waals surface area (Å²) in [5.41, 5.74) is 1.54. The molecule has 0 aliphatic heterocycles. The summed E-state index contributed by atoms with van der Waals surface area (Å²) in [7, 11) is 0. The fourth-order valence-electron chi connectivity index (χ4n) is 2.00. The molecule has 0 saturated heterocycles. The minimum atomic E-state index is -1.05. The maximum Gasteiger partial charge on any atom is 0.341 e. The Morgan fingerprint density at radius 2 is 1.88 bits per heavy atom. The van der Waals surface area contributed by atoms with Crippen molar-refractivity contribution >= 4 is 33.5 Å². The number of ether oxygens (including phenoxy) is 1. The van der Waals surface area contributed by atoms with Crippen molar-refractivity contribution in [2.75, 3.05) is 5.32 Å². The smallest absolute Gasteiger partial charge is 0.341 e. The molecule has 1 amide bonds. The van der Waals surface area contributed by atoms with E-state index in [4.69, 9.17) is 4.74 Å². The molecule has 6 heteroatoms. The molecule has 0 bridgehead atoms. The third-order valence-corrected chi connectivity index (χ3v) is 3.93. The normalized spacial score (nSPS) is 11.7. The lowest BCUT2D eigenvalue weighted by atomic mass is 10.1. The molecule has 0 fully saturated rings. The largest absolute Gasteiger partial charge is 0.449 e. The number of anilines is 1. The van der Waals surface area contributed by atoms with Gasteiger partial charge in [-0.1, -0.05) is 35.0 Å². The topological polar surface area (TPSA) is 55.4 Å². The maximum atomic E-state index is 13.7.